The number of hydrogen-bond donors (Lipinski definition) is 0. The van der Waals surface area contributed by atoms with Gasteiger partial charge in [0.25, 0.3) is 5.56 Å². The molecule has 66 valence electrons. The van der Waals surface area contributed by atoms with Gasteiger partial charge in [-0.2, -0.15) is 0 Å². The van der Waals surface area contributed by atoms with Crippen molar-refractivity contribution in [1.82, 2.24) is 4.57 Å². The normalized spacial score (nSPS) is 10.6. The molecule has 3 heteroatoms. The number of halogens is 1. The molecular weight excluding hydrogens is 186 g/mol. The summed E-state index contributed by atoms with van der Waals surface area (Å²) in [5.41, 5.74) is -0.152. The smallest absolute Gasteiger partial charge is 0.269 e. The zero-order valence-corrected chi connectivity index (χ0v) is 7.88. The van der Waals surface area contributed by atoms with E-state index >= 15 is 0 Å². The highest BCUT2D eigenvalue weighted by molar-refractivity contribution is 6.35. The lowest BCUT2D eigenvalue weighted by molar-refractivity contribution is 0.871. The van der Waals surface area contributed by atoms with Gasteiger partial charge in [0.15, 0.2) is 0 Å². The molecule has 1 heterocycles. The monoisotopic (exact) mass is 193 g/mol. The Bertz CT molecular complexity index is 516. The number of aromatic nitrogens is 1. The minimum absolute atomic E-state index is 0.152. The van der Waals surface area contributed by atoms with Gasteiger partial charge >= 0.3 is 0 Å². The van der Waals surface area contributed by atoms with Crippen LogP contribution in [0.15, 0.2) is 35.3 Å². The van der Waals surface area contributed by atoms with Crippen molar-refractivity contribution in [1.29, 1.82) is 0 Å². The first kappa shape index (κ1) is 8.32. The largest absolute Gasteiger partial charge is 0.317 e. The maximum absolute atomic E-state index is 11.4. The lowest BCUT2D eigenvalue weighted by Crippen LogP contribution is -2.16. The fourth-order valence-corrected chi connectivity index (χ4v) is 1.65. The van der Waals surface area contributed by atoms with Crippen LogP contribution in [0.4, 0.5) is 0 Å². The second kappa shape index (κ2) is 2.89. The number of rotatable bonds is 0. The molecule has 2 rings (SSSR count). The number of hydrogen-bond acceptors (Lipinski definition) is 1. The van der Waals surface area contributed by atoms with Gasteiger partial charge < -0.3 is 4.57 Å². The summed E-state index contributed by atoms with van der Waals surface area (Å²) in [5, 5.41) is 2.09. The highest BCUT2D eigenvalue weighted by atomic mass is 35.5. The van der Waals surface area contributed by atoms with Crippen molar-refractivity contribution in [3.05, 3.63) is 45.8 Å². The van der Waals surface area contributed by atoms with Gasteiger partial charge in [-0.1, -0.05) is 35.9 Å². The van der Waals surface area contributed by atoms with E-state index in [2.05, 4.69) is 0 Å². The van der Waals surface area contributed by atoms with Gasteiger partial charge in [-0.15, -0.1) is 0 Å². The Morgan fingerprint density at radius 3 is 2.77 bits per heavy atom. The Morgan fingerprint density at radius 1 is 1.31 bits per heavy atom. The molecule has 0 N–H and O–H groups in total. The summed E-state index contributed by atoms with van der Waals surface area (Å²) in [6.07, 6.45) is 1.78. The molecule has 1 aromatic heterocycles. The number of nitrogens with zero attached hydrogens (tertiary/aromatic N) is 1. The summed E-state index contributed by atoms with van der Waals surface area (Å²) in [4.78, 5) is 11.4. The quantitative estimate of drug-likeness (QED) is 0.629. The fourth-order valence-electron chi connectivity index (χ4n) is 1.35. The van der Waals surface area contributed by atoms with E-state index in [-0.39, 0.29) is 5.56 Å². The van der Waals surface area contributed by atoms with Crippen molar-refractivity contribution in [3.8, 4) is 0 Å². The molecule has 0 saturated carbocycles. The third kappa shape index (κ3) is 1.23. The Hall–Kier alpha value is -1.28. The Kier molecular flexibility index (Phi) is 1.85. The van der Waals surface area contributed by atoms with E-state index in [1.807, 2.05) is 24.3 Å². The predicted molar refractivity (Wildman–Crippen MR) is 54.2 cm³/mol. The van der Waals surface area contributed by atoms with E-state index in [1.165, 1.54) is 4.57 Å². The first-order chi connectivity index (χ1) is 6.20. The number of benzene rings is 1. The van der Waals surface area contributed by atoms with Crippen molar-refractivity contribution in [3.63, 3.8) is 0 Å². The number of fused-ring (bicyclic) bond motifs is 1. The van der Waals surface area contributed by atoms with Crippen LogP contribution in [0.3, 0.4) is 0 Å². The summed E-state index contributed by atoms with van der Waals surface area (Å²) in [6, 6.07) is 7.57. The summed E-state index contributed by atoms with van der Waals surface area (Å²) in [6.45, 7) is 0. The number of aryl methyl sites for hydroxylation is 1. The molecule has 0 amide bonds. The molecule has 0 spiro atoms. The Morgan fingerprint density at radius 2 is 2.00 bits per heavy atom. The van der Waals surface area contributed by atoms with Gasteiger partial charge in [-0.05, 0) is 5.39 Å². The predicted octanol–water partition coefficient (Wildman–Crippen LogP) is 2.19. The van der Waals surface area contributed by atoms with Crippen LogP contribution in [0.2, 0.25) is 5.02 Å². The Balaban J connectivity index is 3.02. The second-order valence-corrected chi connectivity index (χ2v) is 3.32. The van der Waals surface area contributed by atoms with E-state index in [0.717, 1.165) is 10.8 Å². The molecule has 2 aromatic rings. The topological polar surface area (TPSA) is 22.0 Å². The van der Waals surface area contributed by atoms with Crippen LogP contribution in [-0.4, -0.2) is 4.57 Å². The summed E-state index contributed by atoms with van der Waals surface area (Å²) >= 11 is 5.90. The maximum Gasteiger partial charge on any atom is 0.269 e. The molecule has 0 aliphatic heterocycles. The van der Waals surface area contributed by atoms with Crippen LogP contribution in [-0.2, 0) is 7.05 Å². The zero-order chi connectivity index (χ0) is 9.42. The van der Waals surface area contributed by atoms with Crippen molar-refractivity contribution >= 4 is 22.4 Å². The van der Waals surface area contributed by atoms with E-state index in [9.17, 15) is 4.79 Å². The van der Waals surface area contributed by atoms with Crippen LogP contribution < -0.4 is 5.56 Å². The van der Waals surface area contributed by atoms with Crippen molar-refractivity contribution in [2.45, 2.75) is 0 Å². The fraction of sp³-hybridized carbons (Fsp3) is 0.100. The molecule has 2 nitrogen and oxygen atoms in total. The summed E-state index contributed by atoms with van der Waals surface area (Å²) < 4.78 is 1.49. The lowest BCUT2D eigenvalue weighted by Gasteiger charge is -2.02. The van der Waals surface area contributed by atoms with Crippen LogP contribution in [0.1, 0.15) is 0 Å². The third-order valence-corrected chi connectivity index (χ3v) is 2.40. The minimum Gasteiger partial charge on any atom is -0.317 e. The average molecular weight is 194 g/mol. The standard InChI is InChI=1S/C10H8ClNO/c1-12-6-7-4-2-3-5-8(7)9(11)10(12)13/h2-6H,1H3. The van der Waals surface area contributed by atoms with Gasteiger partial charge in [0, 0.05) is 18.6 Å². The van der Waals surface area contributed by atoms with Crippen LogP contribution in [0.5, 0.6) is 0 Å². The van der Waals surface area contributed by atoms with Gasteiger partial charge in [-0.3, -0.25) is 4.79 Å². The molecule has 0 bridgehead atoms. The van der Waals surface area contributed by atoms with Gasteiger partial charge in [0.2, 0.25) is 0 Å². The molecule has 0 fully saturated rings. The highest BCUT2D eigenvalue weighted by Crippen LogP contribution is 2.18. The van der Waals surface area contributed by atoms with Crippen molar-refractivity contribution in [2.24, 2.45) is 7.05 Å². The molecule has 0 unspecified atom stereocenters. The molecule has 0 atom stereocenters. The molecule has 0 aliphatic carbocycles. The van der Waals surface area contributed by atoms with Crippen molar-refractivity contribution in [2.75, 3.05) is 0 Å². The highest BCUT2D eigenvalue weighted by Gasteiger charge is 2.03. The van der Waals surface area contributed by atoms with Gasteiger partial charge in [0.05, 0.1) is 0 Å². The minimum atomic E-state index is -0.152. The van der Waals surface area contributed by atoms with Crippen LogP contribution in [0.25, 0.3) is 10.8 Å². The van der Waals surface area contributed by atoms with E-state index in [0.29, 0.717) is 5.02 Å². The van der Waals surface area contributed by atoms with Crippen LogP contribution >= 0.6 is 11.6 Å². The third-order valence-electron chi connectivity index (χ3n) is 2.04. The first-order valence-electron chi connectivity index (χ1n) is 3.94. The van der Waals surface area contributed by atoms with E-state index < -0.39 is 0 Å². The average Bonchev–Trinajstić information content (AvgIpc) is 2.15. The molecule has 13 heavy (non-hydrogen) atoms. The van der Waals surface area contributed by atoms with Crippen molar-refractivity contribution < 1.29 is 0 Å². The van der Waals surface area contributed by atoms with E-state index in [1.54, 1.807) is 13.2 Å². The van der Waals surface area contributed by atoms with Gasteiger partial charge in [-0.25, -0.2) is 0 Å². The zero-order valence-electron chi connectivity index (χ0n) is 7.12. The molecule has 1 aromatic carbocycles. The molecule has 0 aliphatic rings. The molecule has 0 radical (unpaired) electrons. The maximum atomic E-state index is 11.4. The van der Waals surface area contributed by atoms with E-state index in [4.69, 9.17) is 11.6 Å². The first-order valence-corrected chi connectivity index (χ1v) is 4.32. The second-order valence-electron chi connectivity index (χ2n) is 2.95. The molecular formula is C10H8ClNO. The van der Waals surface area contributed by atoms with Gasteiger partial charge in [0.1, 0.15) is 5.02 Å². The SMILES string of the molecule is Cn1cc2ccccc2c(Cl)c1=O. The summed E-state index contributed by atoms with van der Waals surface area (Å²) in [7, 11) is 1.70. The Labute approximate surface area is 80.4 Å². The summed E-state index contributed by atoms with van der Waals surface area (Å²) in [5.74, 6) is 0. The van der Waals surface area contributed by atoms with Crippen LogP contribution in [0, 0.1) is 0 Å². The lowest BCUT2D eigenvalue weighted by atomic mass is 10.2. The molecule has 0 saturated heterocycles. The number of pyridine rings is 1.